The summed E-state index contributed by atoms with van der Waals surface area (Å²) in [4.78, 5) is 18.2. The number of hydrogen-bond acceptors (Lipinski definition) is 4. The molecule has 0 bridgehead atoms. The number of hydrazine groups is 1. The van der Waals surface area contributed by atoms with Gasteiger partial charge in [-0.25, -0.2) is 10.8 Å². The highest BCUT2D eigenvalue weighted by Gasteiger charge is 2.23. The highest BCUT2D eigenvalue weighted by molar-refractivity contribution is 5.91. The molecule has 3 N–H and O–H groups in total. The Morgan fingerprint density at radius 1 is 1.61 bits per heavy atom. The molecule has 0 spiro atoms. The summed E-state index contributed by atoms with van der Waals surface area (Å²) < 4.78 is 0. The second kappa shape index (κ2) is 5.93. The summed E-state index contributed by atoms with van der Waals surface area (Å²) in [5, 5.41) is 0. The third-order valence-corrected chi connectivity index (χ3v) is 3.51. The molecule has 1 aliphatic heterocycles. The summed E-state index contributed by atoms with van der Waals surface area (Å²) in [6.45, 7) is 4.15. The van der Waals surface area contributed by atoms with Gasteiger partial charge in [-0.1, -0.05) is 13.0 Å². The van der Waals surface area contributed by atoms with Crippen LogP contribution in [0.15, 0.2) is 18.2 Å². The van der Waals surface area contributed by atoms with Gasteiger partial charge in [0.1, 0.15) is 5.69 Å². The van der Waals surface area contributed by atoms with E-state index < -0.39 is 0 Å². The zero-order valence-corrected chi connectivity index (χ0v) is 10.7. The average Bonchev–Trinajstić information content (AvgIpc) is 2.85. The van der Waals surface area contributed by atoms with Gasteiger partial charge in [-0.2, -0.15) is 0 Å². The summed E-state index contributed by atoms with van der Waals surface area (Å²) >= 11 is 0. The molecule has 98 valence electrons. The zero-order valence-electron chi connectivity index (χ0n) is 10.7. The number of carbonyl (C=O) groups is 1. The number of hydrogen-bond donors (Lipinski definition) is 2. The lowest BCUT2D eigenvalue weighted by atomic mass is 10.1. The minimum Gasteiger partial charge on any atom is -0.295 e. The van der Waals surface area contributed by atoms with E-state index in [1.54, 1.807) is 6.07 Å². The Morgan fingerprint density at radius 2 is 2.44 bits per heavy atom. The van der Waals surface area contributed by atoms with E-state index >= 15 is 0 Å². The van der Waals surface area contributed by atoms with E-state index in [0.29, 0.717) is 11.7 Å². The number of nitrogen functional groups attached to an aromatic ring is 1. The van der Waals surface area contributed by atoms with Crippen LogP contribution in [0.25, 0.3) is 0 Å². The highest BCUT2D eigenvalue weighted by Crippen LogP contribution is 2.21. The quantitative estimate of drug-likeness (QED) is 0.475. The lowest BCUT2D eigenvalue weighted by molar-refractivity contribution is 0.0948. The first-order valence-electron chi connectivity index (χ1n) is 6.45. The molecule has 0 radical (unpaired) electrons. The molecule has 1 amide bonds. The molecule has 1 saturated heterocycles. The van der Waals surface area contributed by atoms with Crippen molar-refractivity contribution in [2.24, 2.45) is 5.84 Å². The van der Waals surface area contributed by atoms with Gasteiger partial charge in [0.2, 0.25) is 0 Å². The smallest absolute Gasteiger partial charge is 0.283 e. The molecule has 2 heterocycles. The topological polar surface area (TPSA) is 71.2 Å². The molecule has 1 fully saturated rings. The molecule has 18 heavy (non-hydrogen) atoms. The second-order valence-electron chi connectivity index (χ2n) is 4.66. The standard InChI is InChI=1S/C13H20N4O/c1-2-11-6-4-8-17(11)9-10-5-3-7-12(15-10)13(18)16-14/h3,5,7,11H,2,4,6,8-9,14H2,1H3,(H,16,18). The van der Waals surface area contributed by atoms with Crippen molar-refractivity contribution in [2.45, 2.75) is 38.8 Å². The summed E-state index contributed by atoms with van der Waals surface area (Å²) in [5.74, 6) is 4.77. The number of carbonyl (C=O) groups excluding carboxylic acids is 1. The fourth-order valence-corrected chi connectivity index (χ4v) is 2.54. The maximum atomic E-state index is 11.4. The molecular weight excluding hydrogens is 228 g/mol. The Labute approximate surface area is 107 Å². The molecule has 1 aromatic heterocycles. The van der Waals surface area contributed by atoms with Gasteiger partial charge >= 0.3 is 0 Å². The van der Waals surface area contributed by atoms with Crippen LogP contribution in [-0.4, -0.2) is 28.4 Å². The van der Waals surface area contributed by atoms with Crippen LogP contribution in [0, 0.1) is 0 Å². The number of rotatable bonds is 4. The summed E-state index contributed by atoms with van der Waals surface area (Å²) in [7, 11) is 0. The Hall–Kier alpha value is -1.46. The maximum Gasteiger partial charge on any atom is 0.283 e. The van der Waals surface area contributed by atoms with Gasteiger partial charge in [0.25, 0.3) is 5.91 Å². The van der Waals surface area contributed by atoms with Gasteiger partial charge in [-0.05, 0) is 37.9 Å². The first kappa shape index (κ1) is 13.0. The highest BCUT2D eigenvalue weighted by atomic mass is 16.2. The first-order valence-corrected chi connectivity index (χ1v) is 6.45. The molecule has 5 heteroatoms. The number of nitrogens with zero attached hydrogens (tertiary/aromatic N) is 2. The van der Waals surface area contributed by atoms with Gasteiger partial charge in [0.15, 0.2) is 0 Å². The van der Waals surface area contributed by atoms with Crippen molar-refractivity contribution in [3.63, 3.8) is 0 Å². The molecule has 0 saturated carbocycles. The van der Waals surface area contributed by atoms with Crippen molar-refractivity contribution >= 4 is 5.91 Å². The van der Waals surface area contributed by atoms with E-state index in [1.165, 1.54) is 19.3 Å². The molecule has 1 aliphatic rings. The van der Waals surface area contributed by atoms with Crippen LogP contribution in [0.3, 0.4) is 0 Å². The number of likely N-dealkylation sites (tertiary alicyclic amines) is 1. The van der Waals surface area contributed by atoms with E-state index in [9.17, 15) is 4.79 Å². The average molecular weight is 248 g/mol. The van der Waals surface area contributed by atoms with Gasteiger partial charge < -0.3 is 0 Å². The van der Waals surface area contributed by atoms with E-state index in [1.807, 2.05) is 12.1 Å². The number of nitrogens with one attached hydrogen (secondary N) is 1. The van der Waals surface area contributed by atoms with E-state index in [2.05, 4.69) is 22.2 Å². The van der Waals surface area contributed by atoms with Crippen molar-refractivity contribution in [3.05, 3.63) is 29.6 Å². The molecule has 1 unspecified atom stereocenters. The van der Waals surface area contributed by atoms with Gasteiger partial charge in [-0.15, -0.1) is 0 Å². The van der Waals surface area contributed by atoms with Gasteiger partial charge in [0.05, 0.1) is 5.69 Å². The zero-order chi connectivity index (χ0) is 13.0. The molecule has 1 atom stereocenters. The van der Waals surface area contributed by atoms with Crippen LogP contribution in [0.4, 0.5) is 0 Å². The van der Waals surface area contributed by atoms with Gasteiger partial charge in [0, 0.05) is 12.6 Å². The number of nitrogens with two attached hydrogens (primary N) is 1. The molecule has 1 aromatic rings. The van der Waals surface area contributed by atoms with E-state index in [4.69, 9.17) is 5.84 Å². The molecule has 5 nitrogen and oxygen atoms in total. The lowest BCUT2D eigenvalue weighted by Gasteiger charge is -2.22. The van der Waals surface area contributed by atoms with Crippen molar-refractivity contribution in [2.75, 3.05) is 6.54 Å². The number of pyridine rings is 1. The minimum absolute atomic E-state index is 0.342. The van der Waals surface area contributed by atoms with Crippen LogP contribution in [0.1, 0.15) is 42.4 Å². The lowest BCUT2D eigenvalue weighted by Crippen LogP contribution is -2.32. The third kappa shape index (κ3) is 2.86. The normalized spacial score (nSPS) is 20.0. The monoisotopic (exact) mass is 248 g/mol. The molecule has 2 rings (SSSR count). The summed E-state index contributed by atoms with van der Waals surface area (Å²) in [6.07, 6.45) is 3.68. The SMILES string of the molecule is CCC1CCCN1Cc1cccc(C(=O)NN)n1. The van der Waals surface area contributed by atoms with E-state index in [0.717, 1.165) is 18.8 Å². The summed E-state index contributed by atoms with van der Waals surface area (Å²) in [6, 6.07) is 6.13. The number of aromatic nitrogens is 1. The van der Waals surface area contributed by atoms with Gasteiger partial charge in [-0.3, -0.25) is 15.1 Å². The molecular formula is C13H20N4O. The summed E-state index contributed by atoms with van der Waals surface area (Å²) in [5.41, 5.74) is 3.41. The van der Waals surface area contributed by atoms with Crippen LogP contribution < -0.4 is 11.3 Å². The third-order valence-electron chi connectivity index (χ3n) is 3.51. The Bertz CT molecular complexity index is 421. The van der Waals surface area contributed by atoms with E-state index in [-0.39, 0.29) is 5.91 Å². The van der Waals surface area contributed by atoms with Crippen LogP contribution in [-0.2, 0) is 6.54 Å². The Balaban J connectivity index is 2.07. The second-order valence-corrected chi connectivity index (χ2v) is 4.66. The largest absolute Gasteiger partial charge is 0.295 e. The van der Waals surface area contributed by atoms with Crippen molar-refractivity contribution in [3.8, 4) is 0 Å². The predicted octanol–water partition coefficient (Wildman–Crippen LogP) is 1.06. The predicted molar refractivity (Wildman–Crippen MR) is 69.6 cm³/mol. The molecule has 0 aliphatic carbocycles. The minimum atomic E-state index is -0.342. The van der Waals surface area contributed by atoms with Crippen molar-refractivity contribution < 1.29 is 4.79 Å². The van der Waals surface area contributed by atoms with Crippen molar-refractivity contribution in [1.29, 1.82) is 0 Å². The fourth-order valence-electron chi connectivity index (χ4n) is 2.54. The maximum absolute atomic E-state index is 11.4. The molecule has 0 aromatic carbocycles. The van der Waals surface area contributed by atoms with Crippen LogP contribution in [0.5, 0.6) is 0 Å². The van der Waals surface area contributed by atoms with Crippen LogP contribution >= 0.6 is 0 Å². The van der Waals surface area contributed by atoms with Crippen LogP contribution in [0.2, 0.25) is 0 Å². The Kier molecular flexibility index (Phi) is 4.28. The number of amides is 1. The van der Waals surface area contributed by atoms with Crippen molar-refractivity contribution in [1.82, 2.24) is 15.3 Å². The fraction of sp³-hybridized carbons (Fsp3) is 0.538. The Morgan fingerprint density at radius 3 is 3.17 bits per heavy atom. The first-order chi connectivity index (χ1) is 8.74.